The molecule has 0 aliphatic carbocycles. The van der Waals surface area contributed by atoms with Crippen LogP contribution >= 0.6 is 31.9 Å². The van der Waals surface area contributed by atoms with Crippen LogP contribution in [0.15, 0.2) is 9.08 Å². The Kier molecular flexibility index (Phi) is 6.01. The average molecular weight is 424 g/mol. The van der Waals surface area contributed by atoms with E-state index in [1.54, 1.807) is 0 Å². The third kappa shape index (κ3) is 4.18. The summed E-state index contributed by atoms with van der Waals surface area (Å²) in [6.07, 6.45) is 0. The van der Waals surface area contributed by atoms with E-state index >= 15 is 0 Å². The molecule has 5 nitrogen and oxygen atoms in total. The predicted molar refractivity (Wildman–Crippen MR) is 85.6 cm³/mol. The Labute approximate surface area is 135 Å². The van der Waals surface area contributed by atoms with Gasteiger partial charge >= 0.3 is 5.97 Å². The lowest BCUT2D eigenvalue weighted by molar-refractivity contribution is 0.0691. The fraction of sp³-hybridized carbons (Fsp3) is 0.500. The fourth-order valence-electron chi connectivity index (χ4n) is 1.51. The number of carboxylic acid groups (broad SMARTS) is 1. The van der Waals surface area contributed by atoms with Gasteiger partial charge in [0.1, 0.15) is 28.7 Å². The summed E-state index contributed by atoms with van der Waals surface area (Å²) in [6, 6.07) is 3.00. The number of nitriles is 1. The zero-order valence-corrected chi connectivity index (χ0v) is 15.7. The van der Waals surface area contributed by atoms with E-state index in [2.05, 4.69) is 51.5 Å². The van der Waals surface area contributed by atoms with Gasteiger partial charge in [-0.3, -0.25) is 0 Å². The SMILES string of the molecule is C[Si](C)(C)CCOCn1c(Br)c(C(=O)O)c(Br)c1C#N. The summed E-state index contributed by atoms with van der Waals surface area (Å²) in [4.78, 5) is 11.2. The van der Waals surface area contributed by atoms with Gasteiger partial charge in [0.2, 0.25) is 0 Å². The van der Waals surface area contributed by atoms with Gasteiger partial charge in [-0.05, 0) is 37.9 Å². The van der Waals surface area contributed by atoms with E-state index in [0.29, 0.717) is 11.2 Å². The molecule has 0 aliphatic rings. The van der Waals surface area contributed by atoms with Crippen LogP contribution in [0.3, 0.4) is 0 Å². The van der Waals surface area contributed by atoms with Gasteiger partial charge < -0.3 is 14.4 Å². The summed E-state index contributed by atoms with van der Waals surface area (Å²) in [5, 5.41) is 18.3. The van der Waals surface area contributed by atoms with Crippen molar-refractivity contribution in [2.45, 2.75) is 32.4 Å². The maximum atomic E-state index is 11.2. The number of aromatic carboxylic acids is 1. The Morgan fingerprint density at radius 1 is 1.45 bits per heavy atom. The molecule has 1 N–H and O–H groups in total. The standard InChI is InChI=1S/C12H16Br2N2O3Si/c1-20(2,3)5-4-19-7-16-8(6-15)10(13)9(11(16)14)12(17)18/h4-5,7H2,1-3H3,(H,17,18). The van der Waals surface area contributed by atoms with E-state index in [-0.39, 0.29) is 22.5 Å². The third-order valence-corrected chi connectivity index (χ3v) is 5.98. The lowest BCUT2D eigenvalue weighted by atomic mass is 10.3. The molecule has 1 rings (SSSR count). The second-order valence-corrected chi connectivity index (χ2v) is 12.7. The smallest absolute Gasteiger partial charge is 0.339 e. The molecule has 0 atom stereocenters. The van der Waals surface area contributed by atoms with Gasteiger partial charge in [-0.2, -0.15) is 5.26 Å². The van der Waals surface area contributed by atoms with Crippen LogP contribution in [0.5, 0.6) is 0 Å². The molecule has 1 aromatic heterocycles. The first-order valence-corrected chi connectivity index (χ1v) is 11.3. The summed E-state index contributed by atoms with van der Waals surface area (Å²) in [5.41, 5.74) is 0.276. The van der Waals surface area contributed by atoms with Crippen molar-refractivity contribution in [2.24, 2.45) is 0 Å². The number of hydrogen-bond donors (Lipinski definition) is 1. The number of ether oxygens (including phenoxy) is 1. The minimum atomic E-state index is -1.17. The summed E-state index contributed by atoms with van der Waals surface area (Å²) < 4.78 is 7.69. The number of aromatic nitrogens is 1. The summed E-state index contributed by atoms with van der Waals surface area (Å²) in [5.74, 6) is -1.10. The van der Waals surface area contributed by atoms with Crippen molar-refractivity contribution in [1.82, 2.24) is 4.57 Å². The molecule has 8 heteroatoms. The molecule has 0 bridgehead atoms. The Hall–Kier alpha value is -0.623. The number of rotatable bonds is 6. The van der Waals surface area contributed by atoms with Gasteiger partial charge in [-0.25, -0.2) is 4.79 Å². The summed E-state index contributed by atoms with van der Waals surface area (Å²) >= 11 is 6.37. The minimum absolute atomic E-state index is 0.0374. The third-order valence-electron chi connectivity index (χ3n) is 2.68. The molecule has 0 unspecified atom stereocenters. The quantitative estimate of drug-likeness (QED) is 0.556. The maximum Gasteiger partial charge on any atom is 0.339 e. The Morgan fingerprint density at radius 2 is 2.05 bits per heavy atom. The van der Waals surface area contributed by atoms with Crippen LogP contribution in [-0.2, 0) is 11.5 Å². The molecule has 1 heterocycles. The van der Waals surface area contributed by atoms with Crippen molar-refractivity contribution in [1.29, 1.82) is 5.26 Å². The second kappa shape index (κ2) is 6.89. The predicted octanol–water partition coefficient (Wildman–Crippen LogP) is 3.90. The Bertz CT molecular complexity index is 559. The van der Waals surface area contributed by atoms with Crippen molar-refractivity contribution < 1.29 is 14.6 Å². The molecule has 0 saturated heterocycles. The second-order valence-electron chi connectivity index (χ2n) is 5.52. The lowest BCUT2D eigenvalue weighted by Gasteiger charge is -2.16. The van der Waals surface area contributed by atoms with Crippen molar-refractivity contribution in [3.63, 3.8) is 0 Å². The van der Waals surface area contributed by atoms with Gasteiger partial charge in [0.15, 0.2) is 0 Å². The molecular formula is C12H16Br2N2O3Si. The summed E-state index contributed by atoms with van der Waals surface area (Å²) in [6.45, 7) is 7.51. The van der Waals surface area contributed by atoms with E-state index in [1.165, 1.54) is 4.57 Å². The first kappa shape index (κ1) is 17.4. The van der Waals surface area contributed by atoms with Crippen LogP contribution in [0.1, 0.15) is 16.1 Å². The van der Waals surface area contributed by atoms with Crippen LogP contribution in [0.25, 0.3) is 0 Å². The van der Waals surface area contributed by atoms with Crippen LogP contribution in [0.2, 0.25) is 25.7 Å². The molecule has 110 valence electrons. The van der Waals surface area contributed by atoms with Crippen molar-refractivity contribution in [2.75, 3.05) is 6.61 Å². The van der Waals surface area contributed by atoms with Crippen molar-refractivity contribution >= 4 is 45.9 Å². The molecule has 0 aliphatic heterocycles. The lowest BCUT2D eigenvalue weighted by Crippen LogP contribution is -2.22. The number of carboxylic acids is 1. The van der Waals surface area contributed by atoms with Crippen LogP contribution in [0.4, 0.5) is 0 Å². The van der Waals surface area contributed by atoms with Gasteiger partial charge in [0, 0.05) is 14.7 Å². The van der Waals surface area contributed by atoms with E-state index in [9.17, 15) is 4.79 Å². The molecule has 0 saturated carbocycles. The van der Waals surface area contributed by atoms with Crippen LogP contribution < -0.4 is 0 Å². The fourth-order valence-corrected chi connectivity index (χ4v) is 3.84. The molecular weight excluding hydrogens is 408 g/mol. The molecule has 1 aromatic rings. The largest absolute Gasteiger partial charge is 0.478 e. The average Bonchev–Trinajstić information content (AvgIpc) is 2.54. The topological polar surface area (TPSA) is 75.2 Å². The maximum absolute atomic E-state index is 11.2. The highest BCUT2D eigenvalue weighted by molar-refractivity contribution is 9.11. The first-order valence-electron chi connectivity index (χ1n) is 5.97. The highest BCUT2D eigenvalue weighted by atomic mass is 79.9. The Balaban J connectivity index is 2.88. The monoisotopic (exact) mass is 422 g/mol. The van der Waals surface area contributed by atoms with E-state index in [0.717, 1.165) is 6.04 Å². The van der Waals surface area contributed by atoms with E-state index in [1.807, 2.05) is 6.07 Å². The number of nitrogens with zero attached hydrogens (tertiary/aromatic N) is 2. The summed E-state index contributed by atoms with van der Waals surface area (Å²) in [7, 11) is -1.17. The van der Waals surface area contributed by atoms with Crippen molar-refractivity contribution in [3.05, 3.63) is 20.3 Å². The molecule has 0 fully saturated rings. The van der Waals surface area contributed by atoms with Crippen LogP contribution in [-0.4, -0.2) is 30.3 Å². The number of halogens is 2. The molecule has 0 aromatic carbocycles. The van der Waals surface area contributed by atoms with E-state index in [4.69, 9.17) is 15.1 Å². The number of hydrogen-bond acceptors (Lipinski definition) is 3. The molecule has 0 amide bonds. The first-order chi connectivity index (χ1) is 9.19. The normalized spacial score (nSPS) is 11.4. The highest BCUT2D eigenvalue weighted by Gasteiger charge is 2.24. The van der Waals surface area contributed by atoms with E-state index < -0.39 is 14.0 Å². The Morgan fingerprint density at radius 3 is 2.50 bits per heavy atom. The molecule has 0 radical (unpaired) electrons. The van der Waals surface area contributed by atoms with Gasteiger partial charge in [-0.15, -0.1) is 0 Å². The van der Waals surface area contributed by atoms with Gasteiger partial charge in [-0.1, -0.05) is 19.6 Å². The molecule has 0 spiro atoms. The molecule has 20 heavy (non-hydrogen) atoms. The van der Waals surface area contributed by atoms with Crippen LogP contribution in [0, 0.1) is 11.3 Å². The highest BCUT2D eigenvalue weighted by Crippen LogP contribution is 2.32. The van der Waals surface area contributed by atoms with Gasteiger partial charge in [0.25, 0.3) is 0 Å². The zero-order chi connectivity index (χ0) is 15.5. The zero-order valence-electron chi connectivity index (χ0n) is 11.5. The number of carbonyl (C=O) groups is 1. The van der Waals surface area contributed by atoms with Crippen molar-refractivity contribution in [3.8, 4) is 6.07 Å². The minimum Gasteiger partial charge on any atom is -0.478 e. The van der Waals surface area contributed by atoms with Gasteiger partial charge in [0.05, 0.1) is 4.47 Å².